The van der Waals surface area contributed by atoms with Crippen LogP contribution in [0.5, 0.6) is 0 Å². The molecule has 2 aromatic rings. The topological polar surface area (TPSA) is 28.1 Å². The first-order valence-electron chi connectivity index (χ1n) is 4.99. The van der Waals surface area contributed by atoms with Gasteiger partial charge in [-0.15, -0.1) is 0 Å². The van der Waals surface area contributed by atoms with Gasteiger partial charge in [0, 0.05) is 18.0 Å². The van der Waals surface area contributed by atoms with Gasteiger partial charge in [0.05, 0.1) is 11.4 Å². The van der Waals surface area contributed by atoms with Gasteiger partial charge in [-0.25, -0.2) is 4.39 Å². The van der Waals surface area contributed by atoms with Crippen molar-refractivity contribution in [2.75, 3.05) is 7.05 Å². The van der Waals surface area contributed by atoms with Crippen molar-refractivity contribution in [1.82, 2.24) is 4.98 Å². The smallest absolute Gasteiger partial charge is 0.132 e. The number of nitrogens with one attached hydrogen (secondary N) is 1. The van der Waals surface area contributed by atoms with Crippen molar-refractivity contribution in [1.29, 1.82) is 0 Å². The number of aromatic nitrogens is 1. The minimum absolute atomic E-state index is 0.193. The summed E-state index contributed by atoms with van der Waals surface area (Å²) in [5.74, 6) is -0.193. The number of fused-ring (bicyclic) bond motifs is 1. The van der Waals surface area contributed by atoms with E-state index < -0.39 is 0 Å². The summed E-state index contributed by atoms with van der Waals surface area (Å²) in [7, 11) is 1.75. The summed E-state index contributed by atoms with van der Waals surface area (Å²) in [5, 5.41) is 0.627. The third-order valence-electron chi connectivity index (χ3n) is 2.53. The van der Waals surface area contributed by atoms with E-state index in [2.05, 4.69) is 9.98 Å². The van der Waals surface area contributed by atoms with Crippen LogP contribution < -0.4 is 0 Å². The summed E-state index contributed by atoms with van der Waals surface area (Å²) in [6.07, 6.45) is 0.838. The zero-order valence-corrected chi connectivity index (χ0v) is 8.84. The Morgan fingerprint density at radius 3 is 2.87 bits per heavy atom. The quantitative estimate of drug-likeness (QED) is 0.728. The molecule has 0 saturated heterocycles. The molecule has 1 aromatic carbocycles. The summed E-state index contributed by atoms with van der Waals surface area (Å²) in [4.78, 5) is 7.33. The summed E-state index contributed by atoms with van der Waals surface area (Å²) < 4.78 is 13.4. The van der Waals surface area contributed by atoms with E-state index in [9.17, 15) is 4.39 Å². The monoisotopic (exact) mass is 204 g/mol. The van der Waals surface area contributed by atoms with Crippen molar-refractivity contribution < 1.29 is 4.39 Å². The average molecular weight is 204 g/mol. The Morgan fingerprint density at radius 2 is 2.27 bits per heavy atom. The highest BCUT2D eigenvalue weighted by atomic mass is 19.1. The number of aromatic amines is 1. The van der Waals surface area contributed by atoms with Crippen LogP contribution in [-0.2, 0) is 0 Å². The lowest BCUT2D eigenvalue weighted by Crippen LogP contribution is -1.98. The molecule has 78 valence electrons. The molecule has 3 heteroatoms. The van der Waals surface area contributed by atoms with Gasteiger partial charge in [0.2, 0.25) is 0 Å². The maximum atomic E-state index is 13.4. The van der Waals surface area contributed by atoms with E-state index >= 15 is 0 Å². The van der Waals surface area contributed by atoms with E-state index in [0.29, 0.717) is 5.39 Å². The normalized spacial score (nSPS) is 12.3. The Bertz CT molecular complexity index is 511. The zero-order valence-electron chi connectivity index (χ0n) is 8.84. The molecule has 1 aromatic heterocycles. The molecular weight excluding hydrogens is 191 g/mol. The van der Waals surface area contributed by atoms with E-state index in [-0.39, 0.29) is 5.82 Å². The molecule has 1 heterocycles. The molecule has 0 bridgehead atoms. The van der Waals surface area contributed by atoms with Crippen LogP contribution in [-0.4, -0.2) is 17.7 Å². The van der Waals surface area contributed by atoms with Crippen LogP contribution in [0.4, 0.5) is 4.39 Å². The molecule has 0 fully saturated rings. The van der Waals surface area contributed by atoms with Crippen LogP contribution in [0.15, 0.2) is 29.3 Å². The van der Waals surface area contributed by atoms with E-state index in [0.717, 1.165) is 23.3 Å². The largest absolute Gasteiger partial charge is 0.353 e. The third-order valence-corrected chi connectivity index (χ3v) is 2.53. The maximum absolute atomic E-state index is 13.4. The van der Waals surface area contributed by atoms with Gasteiger partial charge in [-0.05, 0) is 24.6 Å². The van der Waals surface area contributed by atoms with Crippen molar-refractivity contribution >= 4 is 16.6 Å². The van der Waals surface area contributed by atoms with E-state index in [1.54, 1.807) is 13.1 Å². The highest BCUT2D eigenvalue weighted by Crippen LogP contribution is 2.19. The number of hydrogen-bond acceptors (Lipinski definition) is 1. The van der Waals surface area contributed by atoms with Gasteiger partial charge < -0.3 is 4.98 Å². The lowest BCUT2D eigenvalue weighted by atomic mass is 10.2. The van der Waals surface area contributed by atoms with Crippen molar-refractivity contribution in [2.24, 2.45) is 4.99 Å². The molecule has 0 aliphatic rings. The number of benzene rings is 1. The Labute approximate surface area is 87.8 Å². The van der Waals surface area contributed by atoms with Crippen LogP contribution in [0.3, 0.4) is 0 Å². The first-order valence-corrected chi connectivity index (χ1v) is 4.99. The van der Waals surface area contributed by atoms with Gasteiger partial charge in [0.15, 0.2) is 0 Å². The highest BCUT2D eigenvalue weighted by Gasteiger charge is 2.07. The van der Waals surface area contributed by atoms with Crippen LogP contribution in [0.1, 0.15) is 19.0 Å². The predicted molar refractivity (Wildman–Crippen MR) is 61.0 cm³/mol. The molecule has 0 saturated carbocycles. The molecule has 1 N–H and O–H groups in total. The van der Waals surface area contributed by atoms with Crippen molar-refractivity contribution in [3.63, 3.8) is 0 Å². The minimum atomic E-state index is -0.193. The van der Waals surface area contributed by atoms with Crippen molar-refractivity contribution in [2.45, 2.75) is 13.3 Å². The third kappa shape index (κ3) is 1.65. The fourth-order valence-corrected chi connectivity index (χ4v) is 1.74. The van der Waals surface area contributed by atoms with Crippen LogP contribution in [0.25, 0.3) is 10.9 Å². The summed E-state index contributed by atoms with van der Waals surface area (Å²) in [6.45, 7) is 2.03. The summed E-state index contributed by atoms with van der Waals surface area (Å²) in [5.41, 5.74) is 2.69. The van der Waals surface area contributed by atoms with E-state index in [4.69, 9.17) is 0 Å². The molecular formula is C12H13FN2. The number of hydrogen-bond donors (Lipinski definition) is 1. The van der Waals surface area contributed by atoms with E-state index in [1.165, 1.54) is 6.07 Å². The molecule has 0 aliphatic carbocycles. The molecule has 0 unspecified atom stereocenters. The zero-order chi connectivity index (χ0) is 10.8. The van der Waals surface area contributed by atoms with Gasteiger partial charge in [-0.1, -0.05) is 13.0 Å². The Balaban J connectivity index is 2.61. The van der Waals surface area contributed by atoms with Gasteiger partial charge in [0.25, 0.3) is 0 Å². The summed E-state index contributed by atoms with van der Waals surface area (Å²) >= 11 is 0. The number of nitrogens with zero attached hydrogens (tertiary/aromatic N) is 1. The average Bonchev–Trinajstić information content (AvgIpc) is 2.65. The molecule has 0 spiro atoms. The lowest BCUT2D eigenvalue weighted by molar-refractivity contribution is 0.640. The molecule has 0 atom stereocenters. The highest BCUT2D eigenvalue weighted by molar-refractivity contribution is 6.02. The number of H-pyrrole nitrogens is 1. The number of halogens is 1. The molecule has 15 heavy (non-hydrogen) atoms. The fourth-order valence-electron chi connectivity index (χ4n) is 1.74. The van der Waals surface area contributed by atoms with Crippen LogP contribution >= 0.6 is 0 Å². The molecule has 0 aliphatic heterocycles. The molecule has 2 nitrogen and oxygen atoms in total. The second kappa shape index (κ2) is 3.85. The van der Waals surface area contributed by atoms with Crippen LogP contribution in [0.2, 0.25) is 0 Å². The Hall–Kier alpha value is -1.64. The summed E-state index contributed by atoms with van der Waals surface area (Å²) in [6, 6.07) is 6.85. The lowest BCUT2D eigenvalue weighted by Gasteiger charge is -1.96. The molecule has 2 rings (SSSR count). The van der Waals surface area contributed by atoms with Gasteiger partial charge in [-0.2, -0.15) is 0 Å². The first-order chi connectivity index (χ1) is 7.26. The predicted octanol–water partition coefficient (Wildman–Crippen LogP) is 3.14. The fraction of sp³-hybridized carbons (Fsp3) is 0.250. The number of aliphatic imine (C=N–C) groups is 1. The SMILES string of the molecule is CCC(=NC)c1cc2c(F)cccc2[nH]1. The van der Waals surface area contributed by atoms with Gasteiger partial charge in [-0.3, -0.25) is 4.99 Å². The Kier molecular flexibility index (Phi) is 2.54. The van der Waals surface area contributed by atoms with Crippen LogP contribution in [0, 0.1) is 5.82 Å². The van der Waals surface area contributed by atoms with Crippen molar-refractivity contribution in [3.05, 3.63) is 35.8 Å². The van der Waals surface area contributed by atoms with E-state index in [1.807, 2.05) is 19.1 Å². The molecule has 0 radical (unpaired) electrons. The number of rotatable bonds is 2. The van der Waals surface area contributed by atoms with Gasteiger partial charge >= 0.3 is 0 Å². The maximum Gasteiger partial charge on any atom is 0.132 e. The second-order valence-electron chi connectivity index (χ2n) is 3.41. The first kappa shape index (κ1) is 9.90. The molecule has 0 amide bonds. The Morgan fingerprint density at radius 1 is 1.47 bits per heavy atom. The second-order valence-corrected chi connectivity index (χ2v) is 3.41. The standard InChI is InChI=1S/C12H13FN2/c1-3-10(14-2)12-7-8-9(13)5-4-6-11(8)15-12/h4-7,15H,3H2,1-2H3. The van der Waals surface area contributed by atoms with Crippen molar-refractivity contribution in [3.8, 4) is 0 Å². The van der Waals surface area contributed by atoms with Gasteiger partial charge in [0.1, 0.15) is 5.82 Å². The minimum Gasteiger partial charge on any atom is -0.353 e.